The third-order valence-electron chi connectivity index (χ3n) is 6.32. The molecule has 2 aromatic heterocycles. The van der Waals surface area contributed by atoms with E-state index < -0.39 is 17.9 Å². The van der Waals surface area contributed by atoms with Crippen LogP contribution in [0.5, 0.6) is 5.75 Å². The minimum Gasteiger partial charge on any atom is -0.489 e. The molecule has 3 aromatic carbocycles. The highest BCUT2D eigenvalue weighted by molar-refractivity contribution is 6.30. The Morgan fingerprint density at radius 1 is 0.975 bits per heavy atom. The average Bonchev–Trinajstić information content (AvgIpc) is 3.40. The number of halogens is 2. The Balaban J connectivity index is 1.25. The molecule has 0 aliphatic rings. The number of methoxy groups -OCH3 is 1. The molecule has 40 heavy (non-hydrogen) atoms. The van der Waals surface area contributed by atoms with Gasteiger partial charge in [-0.3, -0.25) is 4.79 Å². The highest BCUT2D eigenvalue weighted by atomic mass is 35.5. The van der Waals surface area contributed by atoms with Crippen molar-refractivity contribution >= 4 is 29.1 Å². The molecule has 0 aliphatic heterocycles. The van der Waals surface area contributed by atoms with Gasteiger partial charge in [0.15, 0.2) is 0 Å². The van der Waals surface area contributed by atoms with Crippen LogP contribution in [0.1, 0.15) is 21.6 Å². The standard InChI is InChI=1S/C31H25ClFN3O4/c1-39-31(38)27(16-20-5-11-26(12-6-20)40-19-21-3-2-4-25(33)15-21)35-30(37)28-18-36-14-13-23(17-29(36)34-28)22-7-9-24(32)10-8-22/h2-15,17-18,27H,16,19H2,1H3,(H,35,37)/t27-/m0/s1. The number of carbonyl (C=O) groups is 2. The summed E-state index contributed by atoms with van der Waals surface area (Å²) in [5.41, 5.74) is 4.15. The molecule has 9 heteroatoms. The van der Waals surface area contributed by atoms with E-state index in [2.05, 4.69) is 10.3 Å². The predicted octanol–water partition coefficient (Wildman–Crippen LogP) is 5.89. The number of imidazole rings is 1. The van der Waals surface area contributed by atoms with E-state index in [0.717, 1.165) is 16.7 Å². The average molecular weight is 558 g/mol. The molecule has 0 fully saturated rings. The van der Waals surface area contributed by atoms with E-state index in [1.54, 1.807) is 47.0 Å². The van der Waals surface area contributed by atoms with Gasteiger partial charge in [-0.1, -0.05) is 48.0 Å². The van der Waals surface area contributed by atoms with Crippen molar-refractivity contribution in [2.24, 2.45) is 0 Å². The Morgan fingerprint density at radius 2 is 1.75 bits per heavy atom. The van der Waals surface area contributed by atoms with Crippen LogP contribution in [0.15, 0.2) is 97.3 Å². The molecule has 0 saturated carbocycles. The van der Waals surface area contributed by atoms with Crippen LogP contribution in [-0.2, 0) is 22.6 Å². The topological polar surface area (TPSA) is 81.9 Å². The highest BCUT2D eigenvalue weighted by Gasteiger charge is 2.24. The van der Waals surface area contributed by atoms with Crippen molar-refractivity contribution < 1.29 is 23.5 Å². The fourth-order valence-corrected chi connectivity index (χ4v) is 4.36. The van der Waals surface area contributed by atoms with Crippen LogP contribution in [0.25, 0.3) is 16.8 Å². The summed E-state index contributed by atoms with van der Waals surface area (Å²) in [4.78, 5) is 30.0. The van der Waals surface area contributed by atoms with E-state index in [-0.39, 0.29) is 24.5 Å². The van der Waals surface area contributed by atoms with Crippen LogP contribution in [0.4, 0.5) is 4.39 Å². The SMILES string of the molecule is COC(=O)[C@H](Cc1ccc(OCc2cccc(F)c2)cc1)NC(=O)c1cn2ccc(-c3ccc(Cl)cc3)cc2n1. The Morgan fingerprint density at radius 3 is 2.48 bits per heavy atom. The number of rotatable bonds is 9. The summed E-state index contributed by atoms with van der Waals surface area (Å²) in [7, 11) is 1.27. The van der Waals surface area contributed by atoms with Gasteiger partial charge in [-0.15, -0.1) is 0 Å². The summed E-state index contributed by atoms with van der Waals surface area (Å²) < 4.78 is 25.8. The number of aromatic nitrogens is 2. The summed E-state index contributed by atoms with van der Waals surface area (Å²) in [6, 6.07) is 23.6. The highest BCUT2D eigenvalue weighted by Crippen LogP contribution is 2.23. The van der Waals surface area contributed by atoms with E-state index >= 15 is 0 Å². The number of amides is 1. The lowest BCUT2D eigenvalue weighted by molar-refractivity contribution is -0.142. The molecule has 7 nitrogen and oxygen atoms in total. The zero-order chi connectivity index (χ0) is 28.1. The molecular formula is C31H25ClFN3O4. The predicted molar refractivity (Wildman–Crippen MR) is 150 cm³/mol. The number of nitrogens with zero attached hydrogens (tertiary/aromatic N) is 2. The molecule has 1 amide bonds. The van der Waals surface area contributed by atoms with E-state index in [1.165, 1.54) is 19.2 Å². The second-order valence-corrected chi connectivity index (χ2v) is 9.57. The molecule has 202 valence electrons. The van der Waals surface area contributed by atoms with E-state index in [1.807, 2.05) is 42.6 Å². The summed E-state index contributed by atoms with van der Waals surface area (Å²) >= 11 is 5.99. The number of esters is 1. The zero-order valence-electron chi connectivity index (χ0n) is 21.5. The number of fused-ring (bicyclic) bond motifs is 1. The minimum absolute atomic E-state index is 0.170. The van der Waals surface area contributed by atoms with E-state index in [9.17, 15) is 14.0 Å². The van der Waals surface area contributed by atoms with E-state index in [4.69, 9.17) is 21.1 Å². The maximum absolute atomic E-state index is 13.4. The maximum Gasteiger partial charge on any atom is 0.328 e. The molecule has 5 aromatic rings. The number of hydrogen-bond acceptors (Lipinski definition) is 5. The number of benzene rings is 3. The molecule has 1 N–H and O–H groups in total. The Kier molecular flexibility index (Phi) is 8.07. The maximum atomic E-state index is 13.4. The van der Waals surface area contributed by atoms with Crippen LogP contribution in [0.2, 0.25) is 5.02 Å². The second-order valence-electron chi connectivity index (χ2n) is 9.13. The van der Waals surface area contributed by atoms with Crippen molar-refractivity contribution in [1.29, 1.82) is 0 Å². The van der Waals surface area contributed by atoms with Crippen molar-refractivity contribution in [3.8, 4) is 16.9 Å². The van der Waals surface area contributed by atoms with Crippen LogP contribution >= 0.6 is 11.6 Å². The van der Waals surface area contributed by atoms with Gasteiger partial charge in [0, 0.05) is 23.8 Å². The van der Waals surface area contributed by atoms with Crippen LogP contribution in [-0.4, -0.2) is 34.4 Å². The zero-order valence-corrected chi connectivity index (χ0v) is 22.3. The van der Waals surface area contributed by atoms with E-state index in [0.29, 0.717) is 22.0 Å². The van der Waals surface area contributed by atoms with Crippen LogP contribution in [0.3, 0.4) is 0 Å². The lowest BCUT2D eigenvalue weighted by Crippen LogP contribution is -2.43. The monoisotopic (exact) mass is 557 g/mol. The summed E-state index contributed by atoms with van der Waals surface area (Å²) in [6.45, 7) is 0.220. The third kappa shape index (κ3) is 6.47. The molecule has 0 aliphatic carbocycles. The van der Waals surface area contributed by atoms with Gasteiger partial charge in [-0.25, -0.2) is 14.2 Å². The van der Waals surface area contributed by atoms with Gasteiger partial charge in [0.05, 0.1) is 7.11 Å². The second kappa shape index (κ2) is 12.0. The van der Waals surface area contributed by atoms with Crippen molar-refractivity contribution in [2.45, 2.75) is 19.1 Å². The van der Waals surface area contributed by atoms with Gasteiger partial charge in [-0.05, 0) is 70.8 Å². The summed E-state index contributed by atoms with van der Waals surface area (Å²) in [5, 5.41) is 3.39. The molecule has 0 radical (unpaired) electrons. The quantitative estimate of drug-likeness (QED) is 0.229. The molecule has 0 spiro atoms. The normalized spacial score (nSPS) is 11.7. The molecule has 1 atom stereocenters. The first-order valence-electron chi connectivity index (χ1n) is 12.5. The Bertz CT molecular complexity index is 1650. The van der Waals surface area contributed by atoms with Gasteiger partial charge < -0.3 is 19.2 Å². The van der Waals surface area contributed by atoms with Crippen LogP contribution in [0, 0.1) is 5.82 Å². The smallest absolute Gasteiger partial charge is 0.328 e. The first-order chi connectivity index (χ1) is 19.4. The van der Waals surface area contributed by atoms with Gasteiger partial charge >= 0.3 is 5.97 Å². The lowest BCUT2D eigenvalue weighted by Gasteiger charge is -2.16. The van der Waals surface area contributed by atoms with Crippen molar-refractivity contribution in [3.05, 3.63) is 125 Å². The fraction of sp³-hybridized carbons (Fsp3) is 0.129. The molecular weight excluding hydrogens is 533 g/mol. The van der Waals surface area contributed by atoms with Gasteiger partial charge in [0.2, 0.25) is 0 Å². The Hall–Kier alpha value is -4.69. The van der Waals surface area contributed by atoms with Gasteiger partial charge in [0.25, 0.3) is 5.91 Å². The number of carbonyl (C=O) groups excluding carboxylic acids is 2. The summed E-state index contributed by atoms with van der Waals surface area (Å²) in [6.07, 6.45) is 3.63. The first kappa shape index (κ1) is 26.9. The Labute approximate surface area is 235 Å². The van der Waals surface area contributed by atoms with Gasteiger partial charge in [-0.2, -0.15) is 0 Å². The largest absolute Gasteiger partial charge is 0.489 e. The van der Waals surface area contributed by atoms with Gasteiger partial charge in [0.1, 0.15) is 35.6 Å². The lowest BCUT2D eigenvalue weighted by atomic mass is 10.1. The molecule has 0 unspecified atom stereocenters. The number of hydrogen-bond donors (Lipinski definition) is 1. The summed E-state index contributed by atoms with van der Waals surface area (Å²) in [5.74, 6) is -0.802. The van der Waals surface area contributed by atoms with Crippen molar-refractivity contribution in [2.75, 3.05) is 7.11 Å². The van der Waals surface area contributed by atoms with Crippen molar-refractivity contribution in [3.63, 3.8) is 0 Å². The number of ether oxygens (including phenoxy) is 2. The number of nitrogens with one attached hydrogen (secondary N) is 1. The molecule has 0 bridgehead atoms. The fourth-order valence-electron chi connectivity index (χ4n) is 4.23. The number of pyridine rings is 1. The molecule has 0 saturated heterocycles. The first-order valence-corrected chi connectivity index (χ1v) is 12.9. The third-order valence-corrected chi connectivity index (χ3v) is 6.57. The minimum atomic E-state index is -0.925. The van der Waals surface area contributed by atoms with Crippen molar-refractivity contribution in [1.82, 2.24) is 14.7 Å². The van der Waals surface area contributed by atoms with Crippen LogP contribution < -0.4 is 10.1 Å². The molecule has 5 rings (SSSR count). The molecule has 2 heterocycles.